The largest absolute Gasteiger partial charge is 0.357 e. The topological polar surface area (TPSA) is 59.6 Å². The van der Waals surface area contributed by atoms with Crippen LogP contribution < -0.4 is 0 Å². The van der Waals surface area contributed by atoms with Crippen LogP contribution >= 0.6 is 0 Å². The number of aromatic nitrogens is 1. The van der Waals surface area contributed by atoms with Crippen LogP contribution in [-0.2, 0) is 4.79 Å². The maximum atomic E-state index is 12.6. The lowest BCUT2D eigenvalue weighted by molar-refractivity contribution is -0.137. The Bertz CT molecular complexity index is 540. The Labute approximate surface area is 131 Å². The minimum absolute atomic E-state index is 0.0550. The first-order valence-electron chi connectivity index (χ1n) is 7.96. The van der Waals surface area contributed by atoms with Crippen molar-refractivity contribution in [2.45, 2.75) is 31.3 Å². The molecule has 1 N–H and O–H groups in total. The first-order valence-corrected chi connectivity index (χ1v) is 7.96. The van der Waals surface area contributed by atoms with E-state index in [0.29, 0.717) is 12.1 Å². The number of hydrogen-bond acceptors (Lipinski definition) is 3. The van der Waals surface area contributed by atoms with Gasteiger partial charge in [0.2, 0.25) is 5.91 Å². The van der Waals surface area contributed by atoms with E-state index in [1.165, 1.54) is 0 Å². The fourth-order valence-electron chi connectivity index (χ4n) is 3.62. The summed E-state index contributed by atoms with van der Waals surface area (Å²) in [6, 6.07) is 4.00. The molecule has 2 aliphatic heterocycles. The number of carbonyl (C=O) groups excluding carboxylic acids is 2. The second-order valence-corrected chi connectivity index (χ2v) is 6.43. The SMILES string of the molecule is CN(C)CCN1C(=O)CC[C@@H]2[C@H]1CCN2C(=O)c1ccc[nH]1. The molecule has 6 heteroatoms. The molecule has 0 aromatic carbocycles. The average Bonchev–Trinajstić information content (AvgIpc) is 3.14. The lowest BCUT2D eigenvalue weighted by Gasteiger charge is -2.40. The van der Waals surface area contributed by atoms with Crippen LogP contribution in [0.2, 0.25) is 0 Å². The fourth-order valence-corrected chi connectivity index (χ4v) is 3.62. The van der Waals surface area contributed by atoms with Crippen LogP contribution in [0.25, 0.3) is 0 Å². The quantitative estimate of drug-likeness (QED) is 0.894. The number of H-pyrrole nitrogens is 1. The Morgan fingerprint density at radius 2 is 2.18 bits per heavy atom. The smallest absolute Gasteiger partial charge is 0.270 e. The molecule has 2 aliphatic rings. The van der Waals surface area contributed by atoms with E-state index in [0.717, 1.165) is 32.5 Å². The van der Waals surface area contributed by atoms with Gasteiger partial charge in [-0.2, -0.15) is 0 Å². The Kier molecular flexibility index (Phi) is 4.20. The average molecular weight is 304 g/mol. The van der Waals surface area contributed by atoms with Crippen molar-refractivity contribution in [3.8, 4) is 0 Å². The summed E-state index contributed by atoms with van der Waals surface area (Å²) in [5.41, 5.74) is 0.636. The van der Waals surface area contributed by atoms with E-state index in [4.69, 9.17) is 0 Å². The third-order valence-corrected chi connectivity index (χ3v) is 4.76. The molecule has 1 aromatic rings. The highest BCUT2D eigenvalue weighted by atomic mass is 16.2. The number of carbonyl (C=O) groups is 2. The molecular formula is C16H24N4O2. The van der Waals surface area contributed by atoms with Gasteiger partial charge in [-0.1, -0.05) is 0 Å². The fraction of sp³-hybridized carbons (Fsp3) is 0.625. The lowest BCUT2D eigenvalue weighted by Crippen LogP contribution is -2.54. The molecule has 2 atom stereocenters. The Balaban J connectivity index is 1.72. The van der Waals surface area contributed by atoms with Gasteiger partial charge in [0, 0.05) is 32.3 Å². The number of nitrogens with zero attached hydrogens (tertiary/aromatic N) is 3. The highest BCUT2D eigenvalue weighted by molar-refractivity contribution is 5.93. The van der Waals surface area contributed by atoms with E-state index < -0.39 is 0 Å². The van der Waals surface area contributed by atoms with Gasteiger partial charge in [-0.15, -0.1) is 0 Å². The minimum Gasteiger partial charge on any atom is -0.357 e. The summed E-state index contributed by atoms with van der Waals surface area (Å²) >= 11 is 0. The molecule has 2 amide bonds. The number of hydrogen-bond donors (Lipinski definition) is 1. The first kappa shape index (κ1) is 15.1. The normalized spacial score (nSPS) is 25.0. The van der Waals surface area contributed by atoms with Crippen molar-refractivity contribution in [2.24, 2.45) is 0 Å². The molecule has 2 saturated heterocycles. The van der Waals surface area contributed by atoms with Crippen molar-refractivity contribution < 1.29 is 9.59 Å². The standard InChI is InChI=1S/C16H24N4O2/c1-18(2)10-11-19-14-7-9-20(13(14)5-6-15(19)21)16(22)12-4-3-8-17-12/h3-4,8,13-14,17H,5-7,9-11H2,1-2H3/t13-,14-/m1/s1. The Morgan fingerprint density at radius 1 is 1.36 bits per heavy atom. The third kappa shape index (κ3) is 2.75. The molecule has 6 nitrogen and oxygen atoms in total. The summed E-state index contributed by atoms with van der Waals surface area (Å²) in [4.78, 5) is 33.9. The molecule has 3 heterocycles. The number of amides is 2. The van der Waals surface area contributed by atoms with E-state index in [2.05, 4.69) is 9.88 Å². The maximum Gasteiger partial charge on any atom is 0.270 e. The molecule has 120 valence electrons. The molecule has 0 aliphatic carbocycles. The highest BCUT2D eigenvalue weighted by Gasteiger charge is 2.44. The van der Waals surface area contributed by atoms with Gasteiger partial charge in [-0.3, -0.25) is 9.59 Å². The van der Waals surface area contributed by atoms with Crippen LogP contribution in [0.1, 0.15) is 29.8 Å². The number of nitrogens with one attached hydrogen (secondary N) is 1. The van der Waals surface area contributed by atoms with E-state index >= 15 is 0 Å². The Morgan fingerprint density at radius 3 is 2.86 bits per heavy atom. The van der Waals surface area contributed by atoms with Crippen LogP contribution in [0.3, 0.4) is 0 Å². The molecule has 22 heavy (non-hydrogen) atoms. The maximum absolute atomic E-state index is 12.6. The van der Waals surface area contributed by atoms with Crippen molar-refractivity contribution in [1.29, 1.82) is 0 Å². The lowest BCUT2D eigenvalue weighted by atomic mass is 9.96. The summed E-state index contributed by atoms with van der Waals surface area (Å²) in [6.45, 7) is 2.34. The number of likely N-dealkylation sites (N-methyl/N-ethyl adjacent to an activating group) is 1. The van der Waals surface area contributed by atoms with Crippen LogP contribution in [0.15, 0.2) is 18.3 Å². The Hall–Kier alpha value is -1.82. The number of fused-ring (bicyclic) bond motifs is 1. The van der Waals surface area contributed by atoms with Crippen molar-refractivity contribution in [3.63, 3.8) is 0 Å². The molecular weight excluding hydrogens is 280 g/mol. The number of likely N-dealkylation sites (tertiary alicyclic amines) is 2. The second-order valence-electron chi connectivity index (χ2n) is 6.43. The van der Waals surface area contributed by atoms with E-state index in [9.17, 15) is 9.59 Å². The van der Waals surface area contributed by atoms with Gasteiger partial charge in [-0.05, 0) is 39.1 Å². The van der Waals surface area contributed by atoms with Crippen molar-refractivity contribution in [3.05, 3.63) is 24.0 Å². The molecule has 1 aromatic heterocycles. The summed E-state index contributed by atoms with van der Waals surface area (Å²) in [5, 5.41) is 0. The first-order chi connectivity index (χ1) is 10.6. The predicted molar refractivity (Wildman–Crippen MR) is 83.5 cm³/mol. The highest BCUT2D eigenvalue weighted by Crippen LogP contribution is 2.32. The molecule has 0 radical (unpaired) electrons. The van der Waals surface area contributed by atoms with Crippen LogP contribution in [0.5, 0.6) is 0 Å². The summed E-state index contributed by atoms with van der Waals surface area (Å²) < 4.78 is 0. The van der Waals surface area contributed by atoms with Gasteiger partial charge in [0.25, 0.3) is 5.91 Å². The van der Waals surface area contributed by atoms with Crippen LogP contribution in [0, 0.1) is 0 Å². The van der Waals surface area contributed by atoms with Crippen molar-refractivity contribution in [1.82, 2.24) is 19.7 Å². The summed E-state index contributed by atoms with van der Waals surface area (Å²) in [6.07, 6.45) is 3.99. The summed E-state index contributed by atoms with van der Waals surface area (Å²) in [5.74, 6) is 0.289. The molecule has 0 bridgehead atoms. The zero-order valence-corrected chi connectivity index (χ0v) is 13.3. The molecule has 2 fully saturated rings. The van der Waals surface area contributed by atoms with Gasteiger partial charge in [0.15, 0.2) is 0 Å². The van der Waals surface area contributed by atoms with Crippen molar-refractivity contribution in [2.75, 3.05) is 33.7 Å². The predicted octanol–water partition coefficient (Wildman–Crippen LogP) is 0.782. The summed E-state index contributed by atoms with van der Waals surface area (Å²) in [7, 11) is 4.03. The minimum atomic E-state index is 0.0550. The van der Waals surface area contributed by atoms with E-state index in [1.54, 1.807) is 6.20 Å². The number of piperidine rings is 1. The molecule has 0 unspecified atom stereocenters. The molecule has 3 rings (SSSR count). The zero-order valence-electron chi connectivity index (χ0n) is 13.3. The van der Waals surface area contributed by atoms with Gasteiger partial charge in [0.05, 0.1) is 12.1 Å². The van der Waals surface area contributed by atoms with Crippen LogP contribution in [-0.4, -0.2) is 77.3 Å². The van der Waals surface area contributed by atoms with Crippen LogP contribution in [0.4, 0.5) is 0 Å². The van der Waals surface area contributed by atoms with Gasteiger partial charge in [0.1, 0.15) is 5.69 Å². The third-order valence-electron chi connectivity index (χ3n) is 4.76. The second kappa shape index (κ2) is 6.12. The van der Waals surface area contributed by atoms with Crippen molar-refractivity contribution >= 4 is 11.8 Å². The van der Waals surface area contributed by atoms with Gasteiger partial charge in [-0.25, -0.2) is 0 Å². The number of rotatable bonds is 4. The molecule has 0 saturated carbocycles. The molecule has 0 spiro atoms. The van der Waals surface area contributed by atoms with E-state index in [1.807, 2.05) is 36.0 Å². The zero-order chi connectivity index (χ0) is 15.7. The number of aromatic amines is 1. The monoisotopic (exact) mass is 304 g/mol. The van der Waals surface area contributed by atoms with Gasteiger partial charge >= 0.3 is 0 Å². The van der Waals surface area contributed by atoms with Gasteiger partial charge < -0.3 is 19.7 Å². The van der Waals surface area contributed by atoms with E-state index in [-0.39, 0.29) is 23.9 Å².